The quantitative estimate of drug-likeness (QED) is 0.743. The summed E-state index contributed by atoms with van der Waals surface area (Å²) >= 11 is 0. The van der Waals surface area contributed by atoms with Gasteiger partial charge >= 0.3 is 0 Å². The number of H-pyrrole nitrogens is 1. The molecule has 0 amide bonds. The molecule has 3 rings (SSSR count). The van der Waals surface area contributed by atoms with Crippen LogP contribution >= 0.6 is 0 Å². The number of fused-ring (bicyclic) bond motifs is 1. The van der Waals surface area contributed by atoms with Crippen LogP contribution in [0.25, 0.3) is 22.4 Å². The molecule has 1 atom stereocenters. The highest BCUT2D eigenvalue weighted by Crippen LogP contribution is 2.31. The van der Waals surface area contributed by atoms with Gasteiger partial charge in [-0.3, -0.25) is 4.68 Å². The van der Waals surface area contributed by atoms with Crippen LogP contribution in [0.15, 0.2) is 12.3 Å². The van der Waals surface area contributed by atoms with E-state index in [1.54, 1.807) is 19.2 Å². The van der Waals surface area contributed by atoms with E-state index in [2.05, 4.69) is 26.1 Å². The first-order valence-corrected chi connectivity index (χ1v) is 7.65. The number of hydrogen-bond acceptors (Lipinski definition) is 7. The highest BCUT2D eigenvalue weighted by atomic mass is 16.5. The maximum absolute atomic E-state index is 9.12. The molecule has 3 aromatic rings. The van der Waals surface area contributed by atoms with Crippen LogP contribution in [0.4, 0.5) is 5.82 Å². The number of hydrogen-bond donors (Lipinski definition) is 2. The van der Waals surface area contributed by atoms with Crippen molar-refractivity contribution < 1.29 is 4.74 Å². The van der Waals surface area contributed by atoms with Crippen molar-refractivity contribution in [2.45, 2.75) is 32.9 Å². The Balaban J connectivity index is 2.17. The number of nitriles is 2. The fourth-order valence-corrected chi connectivity index (χ4v) is 2.31. The average Bonchev–Trinajstić information content (AvgIpc) is 3.17. The minimum atomic E-state index is -0.472. The van der Waals surface area contributed by atoms with Crippen molar-refractivity contribution in [1.29, 1.82) is 10.5 Å². The van der Waals surface area contributed by atoms with Crippen LogP contribution in [0.1, 0.15) is 32.5 Å². The van der Waals surface area contributed by atoms with E-state index in [1.165, 1.54) is 4.68 Å². The van der Waals surface area contributed by atoms with E-state index in [1.807, 2.05) is 19.9 Å². The summed E-state index contributed by atoms with van der Waals surface area (Å²) in [6, 6.07) is 5.25. The van der Waals surface area contributed by atoms with Crippen LogP contribution in [0.2, 0.25) is 0 Å². The van der Waals surface area contributed by atoms with Gasteiger partial charge in [-0.15, -0.1) is 5.10 Å². The second-order valence-corrected chi connectivity index (χ2v) is 5.79. The standard InChI is InChI=1S/C16H16N8O/c1-8(2)25-16-12(7-24(23-16)9(3)5-17)15-21-13(19)11-4-10(6-18)20-14(11)22-15/h4,7-9H,1-3H3,(H3,19,20,21,22). The van der Waals surface area contributed by atoms with Crippen LogP contribution in [-0.4, -0.2) is 30.8 Å². The van der Waals surface area contributed by atoms with Crippen LogP contribution in [-0.2, 0) is 0 Å². The summed E-state index contributed by atoms with van der Waals surface area (Å²) in [5.41, 5.74) is 7.33. The molecule has 0 fully saturated rings. The summed E-state index contributed by atoms with van der Waals surface area (Å²) in [6.45, 7) is 5.47. The highest BCUT2D eigenvalue weighted by Gasteiger charge is 2.20. The van der Waals surface area contributed by atoms with Gasteiger partial charge in [0.15, 0.2) is 5.82 Å². The number of nitrogens with two attached hydrogens (primary N) is 1. The summed E-state index contributed by atoms with van der Waals surface area (Å²) in [7, 11) is 0. The third-order valence-electron chi connectivity index (χ3n) is 3.51. The Labute approximate surface area is 143 Å². The molecule has 0 spiro atoms. The van der Waals surface area contributed by atoms with E-state index >= 15 is 0 Å². The molecular weight excluding hydrogens is 320 g/mol. The van der Waals surface area contributed by atoms with Crippen molar-refractivity contribution in [3.05, 3.63) is 18.0 Å². The number of ether oxygens (including phenoxy) is 1. The SMILES string of the molecule is CC(C)Oc1nn(C(C)C#N)cc1-c1nc(N)c2cc(C#N)[nH]c2n1. The second-order valence-electron chi connectivity index (χ2n) is 5.79. The summed E-state index contributed by atoms with van der Waals surface area (Å²) in [6.07, 6.45) is 1.54. The monoisotopic (exact) mass is 336 g/mol. The maximum atomic E-state index is 9.12. The normalized spacial score (nSPS) is 12.1. The smallest absolute Gasteiger partial charge is 0.244 e. The first-order chi connectivity index (χ1) is 11.9. The van der Waals surface area contributed by atoms with E-state index in [-0.39, 0.29) is 11.9 Å². The van der Waals surface area contributed by atoms with Crippen molar-refractivity contribution in [2.75, 3.05) is 5.73 Å². The van der Waals surface area contributed by atoms with Gasteiger partial charge in [0.25, 0.3) is 0 Å². The molecule has 0 bridgehead atoms. The van der Waals surface area contributed by atoms with Gasteiger partial charge in [0.1, 0.15) is 34.8 Å². The number of nitrogens with zero attached hydrogens (tertiary/aromatic N) is 6. The van der Waals surface area contributed by atoms with E-state index < -0.39 is 6.04 Å². The van der Waals surface area contributed by atoms with E-state index in [0.29, 0.717) is 34.0 Å². The Hall–Kier alpha value is -3.59. The fraction of sp³-hybridized carbons (Fsp3) is 0.312. The highest BCUT2D eigenvalue weighted by molar-refractivity contribution is 5.89. The van der Waals surface area contributed by atoms with Gasteiger partial charge in [-0.2, -0.15) is 10.5 Å². The van der Waals surface area contributed by atoms with Crippen molar-refractivity contribution in [2.24, 2.45) is 0 Å². The molecule has 0 saturated heterocycles. The van der Waals surface area contributed by atoms with Crippen LogP contribution < -0.4 is 10.5 Å². The van der Waals surface area contributed by atoms with E-state index in [9.17, 15) is 0 Å². The van der Waals surface area contributed by atoms with Crippen molar-refractivity contribution in [3.8, 4) is 29.4 Å². The molecule has 0 aliphatic heterocycles. The van der Waals surface area contributed by atoms with Gasteiger partial charge in [-0.25, -0.2) is 9.97 Å². The zero-order valence-electron chi connectivity index (χ0n) is 14.0. The maximum Gasteiger partial charge on any atom is 0.244 e. The Morgan fingerprint density at radius 3 is 2.68 bits per heavy atom. The Bertz CT molecular complexity index is 1020. The summed E-state index contributed by atoms with van der Waals surface area (Å²) < 4.78 is 7.22. The first kappa shape index (κ1) is 16.3. The van der Waals surface area contributed by atoms with Gasteiger partial charge in [-0.05, 0) is 26.8 Å². The molecule has 3 heterocycles. The third kappa shape index (κ3) is 2.95. The minimum absolute atomic E-state index is 0.115. The molecule has 9 nitrogen and oxygen atoms in total. The molecular formula is C16H16N8O. The van der Waals surface area contributed by atoms with Gasteiger partial charge in [-0.1, -0.05) is 0 Å². The molecule has 25 heavy (non-hydrogen) atoms. The van der Waals surface area contributed by atoms with Crippen LogP contribution in [0.3, 0.4) is 0 Å². The molecule has 1 unspecified atom stereocenters. The molecule has 9 heteroatoms. The predicted molar refractivity (Wildman–Crippen MR) is 90.3 cm³/mol. The Kier molecular flexibility index (Phi) is 3.99. The van der Waals surface area contributed by atoms with Crippen LogP contribution in [0, 0.1) is 22.7 Å². The second kappa shape index (κ2) is 6.13. The lowest BCUT2D eigenvalue weighted by Crippen LogP contribution is -2.08. The molecule has 3 N–H and O–H groups in total. The summed E-state index contributed by atoms with van der Waals surface area (Å²) in [4.78, 5) is 11.6. The van der Waals surface area contributed by atoms with Crippen molar-refractivity contribution in [3.63, 3.8) is 0 Å². The van der Waals surface area contributed by atoms with Gasteiger partial charge in [0.05, 0.1) is 17.6 Å². The molecule has 0 radical (unpaired) electrons. The van der Waals surface area contributed by atoms with Gasteiger partial charge in [0.2, 0.25) is 5.88 Å². The number of rotatable bonds is 4. The number of nitrogen functional groups attached to an aromatic ring is 1. The Morgan fingerprint density at radius 2 is 2.04 bits per heavy atom. The zero-order chi connectivity index (χ0) is 18.1. The molecule has 3 aromatic heterocycles. The van der Waals surface area contributed by atoms with E-state index in [0.717, 1.165) is 0 Å². The van der Waals surface area contributed by atoms with Gasteiger partial charge in [0, 0.05) is 6.20 Å². The Morgan fingerprint density at radius 1 is 1.28 bits per heavy atom. The number of nitrogens with one attached hydrogen (secondary N) is 1. The summed E-state index contributed by atoms with van der Waals surface area (Å²) in [5.74, 6) is 0.876. The number of aromatic amines is 1. The van der Waals surface area contributed by atoms with Crippen LogP contribution in [0.5, 0.6) is 5.88 Å². The lowest BCUT2D eigenvalue weighted by atomic mass is 10.3. The largest absolute Gasteiger partial charge is 0.473 e. The molecule has 0 aliphatic rings. The zero-order valence-corrected chi connectivity index (χ0v) is 14.0. The average molecular weight is 336 g/mol. The third-order valence-corrected chi connectivity index (χ3v) is 3.51. The van der Waals surface area contributed by atoms with E-state index in [4.69, 9.17) is 21.0 Å². The fourth-order valence-electron chi connectivity index (χ4n) is 2.31. The first-order valence-electron chi connectivity index (χ1n) is 7.65. The molecule has 0 aromatic carbocycles. The molecule has 126 valence electrons. The lowest BCUT2D eigenvalue weighted by Gasteiger charge is -2.08. The number of aromatic nitrogens is 5. The predicted octanol–water partition coefficient (Wildman–Crippen LogP) is 2.15. The van der Waals surface area contributed by atoms with Crippen molar-refractivity contribution in [1.82, 2.24) is 24.7 Å². The molecule has 0 aliphatic carbocycles. The lowest BCUT2D eigenvalue weighted by molar-refractivity contribution is 0.230. The van der Waals surface area contributed by atoms with Gasteiger partial charge < -0.3 is 15.5 Å². The summed E-state index contributed by atoms with van der Waals surface area (Å²) in [5, 5.41) is 23.0. The minimum Gasteiger partial charge on any atom is -0.473 e. The molecule has 0 saturated carbocycles. The van der Waals surface area contributed by atoms with Crippen molar-refractivity contribution >= 4 is 16.9 Å². The number of anilines is 1. The topological polar surface area (TPSA) is 142 Å².